The predicted octanol–water partition coefficient (Wildman–Crippen LogP) is 3.63. The van der Waals surface area contributed by atoms with E-state index in [2.05, 4.69) is 10.1 Å². The summed E-state index contributed by atoms with van der Waals surface area (Å²) < 4.78 is 39.7. The average molecular weight is 293 g/mol. The number of para-hydroxylation sites is 2. The lowest BCUT2D eigenvalue weighted by molar-refractivity contribution is -0.0493. The number of ether oxygens (including phenoxy) is 3. The van der Waals surface area contributed by atoms with Gasteiger partial charge >= 0.3 is 6.61 Å². The van der Waals surface area contributed by atoms with Gasteiger partial charge in [0.25, 0.3) is 0 Å². The van der Waals surface area contributed by atoms with Crippen molar-refractivity contribution in [2.24, 2.45) is 0 Å². The Morgan fingerprint density at radius 2 is 1.90 bits per heavy atom. The van der Waals surface area contributed by atoms with Crippen molar-refractivity contribution in [3.63, 3.8) is 0 Å². The van der Waals surface area contributed by atoms with Crippen LogP contribution >= 0.6 is 0 Å². The average Bonchev–Trinajstić information content (AvgIpc) is 2.93. The van der Waals surface area contributed by atoms with Gasteiger partial charge in [-0.3, -0.25) is 0 Å². The van der Waals surface area contributed by atoms with Crippen molar-refractivity contribution in [3.8, 4) is 17.2 Å². The molecule has 3 rings (SSSR count). The molecule has 2 aromatic carbocycles. The van der Waals surface area contributed by atoms with Crippen LogP contribution in [0.5, 0.6) is 17.2 Å². The fourth-order valence-electron chi connectivity index (χ4n) is 2.06. The molecule has 1 N–H and O–H groups in total. The van der Waals surface area contributed by atoms with Crippen LogP contribution in [0.2, 0.25) is 0 Å². The Labute approximate surface area is 120 Å². The molecule has 0 aliphatic carbocycles. The molecular weight excluding hydrogens is 280 g/mol. The zero-order valence-electron chi connectivity index (χ0n) is 11.0. The second-order valence-corrected chi connectivity index (χ2v) is 4.42. The monoisotopic (exact) mass is 293 g/mol. The van der Waals surface area contributed by atoms with Crippen molar-refractivity contribution < 1.29 is 23.0 Å². The van der Waals surface area contributed by atoms with Gasteiger partial charge in [-0.05, 0) is 29.8 Å². The third kappa shape index (κ3) is 3.16. The summed E-state index contributed by atoms with van der Waals surface area (Å²) in [5.74, 6) is 1.51. The molecular formula is C15H13F2NO3. The summed E-state index contributed by atoms with van der Waals surface area (Å²) in [6.45, 7) is -2.17. The molecule has 0 saturated heterocycles. The van der Waals surface area contributed by atoms with Crippen LogP contribution in [0.4, 0.5) is 14.5 Å². The van der Waals surface area contributed by atoms with Crippen molar-refractivity contribution in [1.82, 2.24) is 0 Å². The van der Waals surface area contributed by atoms with Crippen molar-refractivity contribution in [3.05, 3.63) is 48.0 Å². The Morgan fingerprint density at radius 1 is 1.10 bits per heavy atom. The van der Waals surface area contributed by atoms with Crippen LogP contribution in [-0.2, 0) is 6.54 Å². The molecule has 6 heteroatoms. The molecule has 0 spiro atoms. The van der Waals surface area contributed by atoms with Crippen LogP contribution in [0.25, 0.3) is 0 Å². The van der Waals surface area contributed by atoms with Crippen LogP contribution in [0.1, 0.15) is 5.56 Å². The van der Waals surface area contributed by atoms with Crippen LogP contribution in [0, 0.1) is 0 Å². The minimum atomic E-state index is -2.85. The third-order valence-corrected chi connectivity index (χ3v) is 3.02. The SMILES string of the molecule is FC(F)Oc1ccccc1NCc1ccc2c(c1)OCO2. The minimum absolute atomic E-state index is 0.119. The lowest BCUT2D eigenvalue weighted by Gasteiger charge is -2.12. The Hall–Kier alpha value is -2.50. The normalized spacial score (nSPS) is 12.5. The number of halogens is 2. The minimum Gasteiger partial charge on any atom is -0.454 e. The molecule has 0 amide bonds. The van der Waals surface area contributed by atoms with E-state index in [0.717, 1.165) is 5.56 Å². The van der Waals surface area contributed by atoms with Crippen molar-refractivity contribution >= 4 is 5.69 Å². The smallest absolute Gasteiger partial charge is 0.387 e. The second kappa shape index (κ2) is 5.87. The fraction of sp³-hybridized carbons (Fsp3) is 0.200. The largest absolute Gasteiger partial charge is 0.454 e. The highest BCUT2D eigenvalue weighted by atomic mass is 19.3. The predicted molar refractivity (Wildman–Crippen MR) is 73.0 cm³/mol. The lowest BCUT2D eigenvalue weighted by atomic mass is 10.2. The van der Waals surface area contributed by atoms with Gasteiger partial charge in [0, 0.05) is 6.54 Å². The number of alkyl halides is 2. The van der Waals surface area contributed by atoms with E-state index >= 15 is 0 Å². The molecule has 110 valence electrons. The highest BCUT2D eigenvalue weighted by Crippen LogP contribution is 2.33. The number of hydrogen-bond acceptors (Lipinski definition) is 4. The number of benzene rings is 2. The van der Waals surface area contributed by atoms with E-state index in [4.69, 9.17) is 9.47 Å². The maximum Gasteiger partial charge on any atom is 0.387 e. The van der Waals surface area contributed by atoms with Gasteiger partial charge in [-0.2, -0.15) is 8.78 Å². The molecule has 0 atom stereocenters. The van der Waals surface area contributed by atoms with Gasteiger partial charge in [-0.15, -0.1) is 0 Å². The van der Waals surface area contributed by atoms with Crippen molar-refractivity contribution in [2.75, 3.05) is 12.1 Å². The number of hydrogen-bond donors (Lipinski definition) is 1. The Bertz CT molecular complexity index is 634. The van der Waals surface area contributed by atoms with Crippen molar-refractivity contribution in [2.45, 2.75) is 13.2 Å². The molecule has 4 nitrogen and oxygen atoms in total. The van der Waals surface area contributed by atoms with E-state index in [1.54, 1.807) is 18.2 Å². The molecule has 1 aliphatic rings. The van der Waals surface area contributed by atoms with E-state index in [1.165, 1.54) is 6.07 Å². The lowest BCUT2D eigenvalue weighted by Crippen LogP contribution is -2.06. The second-order valence-electron chi connectivity index (χ2n) is 4.42. The summed E-state index contributed by atoms with van der Waals surface area (Å²) in [6, 6.07) is 12.1. The molecule has 0 bridgehead atoms. The van der Waals surface area contributed by atoms with E-state index in [9.17, 15) is 8.78 Å². The molecule has 0 unspecified atom stereocenters. The summed E-state index contributed by atoms with van der Waals surface area (Å²) in [5, 5.41) is 3.07. The summed E-state index contributed by atoms with van der Waals surface area (Å²) in [6.07, 6.45) is 0. The summed E-state index contributed by atoms with van der Waals surface area (Å²) in [5.41, 5.74) is 1.46. The number of rotatable bonds is 5. The highest BCUT2D eigenvalue weighted by Gasteiger charge is 2.13. The molecule has 1 heterocycles. The maximum absolute atomic E-state index is 12.3. The van der Waals surface area contributed by atoms with Gasteiger partial charge in [-0.25, -0.2) is 0 Å². The van der Waals surface area contributed by atoms with Gasteiger partial charge in [0.1, 0.15) is 5.75 Å². The van der Waals surface area contributed by atoms with Crippen LogP contribution in [0.15, 0.2) is 42.5 Å². The summed E-state index contributed by atoms with van der Waals surface area (Å²) in [4.78, 5) is 0. The first-order chi connectivity index (χ1) is 10.2. The molecule has 21 heavy (non-hydrogen) atoms. The molecule has 0 aromatic heterocycles. The summed E-state index contributed by atoms with van der Waals surface area (Å²) >= 11 is 0. The van der Waals surface area contributed by atoms with E-state index in [-0.39, 0.29) is 12.5 Å². The number of nitrogens with one attached hydrogen (secondary N) is 1. The Morgan fingerprint density at radius 3 is 2.76 bits per heavy atom. The standard InChI is InChI=1S/C15H13F2NO3/c16-15(17)21-12-4-2-1-3-11(12)18-8-10-5-6-13-14(7-10)20-9-19-13/h1-7,15,18H,8-9H2. The van der Waals surface area contributed by atoms with Gasteiger partial charge in [0.2, 0.25) is 6.79 Å². The molecule has 0 radical (unpaired) electrons. The first-order valence-corrected chi connectivity index (χ1v) is 6.38. The fourth-order valence-corrected chi connectivity index (χ4v) is 2.06. The molecule has 1 aliphatic heterocycles. The number of fused-ring (bicyclic) bond motifs is 1. The quantitative estimate of drug-likeness (QED) is 0.914. The molecule has 0 saturated carbocycles. The zero-order valence-corrected chi connectivity index (χ0v) is 11.0. The first-order valence-electron chi connectivity index (χ1n) is 6.38. The van der Waals surface area contributed by atoms with Gasteiger partial charge < -0.3 is 19.5 Å². The van der Waals surface area contributed by atoms with Gasteiger partial charge in [0.05, 0.1) is 5.69 Å². The topological polar surface area (TPSA) is 39.7 Å². The van der Waals surface area contributed by atoms with Crippen molar-refractivity contribution in [1.29, 1.82) is 0 Å². The van der Waals surface area contributed by atoms with Crippen LogP contribution < -0.4 is 19.5 Å². The summed E-state index contributed by atoms with van der Waals surface area (Å²) in [7, 11) is 0. The molecule has 0 fully saturated rings. The maximum atomic E-state index is 12.3. The Kier molecular flexibility index (Phi) is 3.77. The van der Waals surface area contributed by atoms with E-state index in [0.29, 0.717) is 23.7 Å². The van der Waals surface area contributed by atoms with Crippen LogP contribution in [0.3, 0.4) is 0 Å². The third-order valence-electron chi connectivity index (χ3n) is 3.02. The zero-order chi connectivity index (χ0) is 14.7. The Balaban J connectivity index is 1.70. The van der Waals surface area contributed by atoms with E-state index < -0.39 is 6.61 Å². The van der Waals surface area contributed by atoms with Gasteiger partial charge in [-0.1, -0.05) is 18.2 Å². The van der Waals surface area contributed by atoms with E-state index in [1.807, 2.05) is 18.2 Å². The highest BCUT2D eigenvalue weighted by molar-refractivity contribution is 5.56. The number of anilines is 1. The first kappa shape index (κ1) is 13.5. The van der Waals surface area contributed by atoms with Gasteiger partial charge in [0.15, 0.2) is 11.5 Å². The van der Waals surface area contributed by atoms with Crippen LogP contribution in [-0.4, -0.2) is 13.4 Å². The molecule has 2 aromatic rings.